The number of nitrogens with zero attached hydrogens (tertiary/aromatic N) is 3. The summed E-state index contributed by atoms with van der Waals surface area (Å²) in [5.74, 6) is 2.29. The summed E-state index contributed by atoms with van der Waals surface area (Å²) in [7, 11) is 0. The van der Waals surface area contributed by atoms with Crippen molar-refractivity contribution in [3.63, 3.8) is 0 Å². The zero-order valence-electron chi connectivity index (χ0n) is 26.6. The van der Waals surface area contributed by atoms with Gasteiger partial charge in [0.15, 0.2) is 17.4 Å². The molecule has 6 aliphatic carbocycles. The number of allylic oxidation sites excluding steroid dienone is 4. The number of Topliss-reactive ketones (excluding diaryl/α,β-unsaturated/α-hetero) is 1. The number of ketones is 2. The number of hydrogen-bond donors (Lipinski definition) is 0. The summed E-state index contributed by atoms with van der Waals surface area (Å²) in [6.07, 6.45) is 14.2. The van der Waals surface area contributed by atoms with E-state index in [1.165, 1.54) is 6.42 Å². The summed E-state index contributed by atoms with van der Waals surface area (Å²) in [5, 5.41) is 14.5. The zero-order chi connectivity index (χ0) is 30.1. The normalized spacial score (nSPS) is 43.9. The second-order valence-electron chi connectivity index (χ2n) is 17.0. The molecule has 1 aromatic rings. The van der Waals surface area contributed by atoms with Gasteiger partial charge in [0.25, 0.3) is 0 Å². The van der Waals surface area contributed by atoms with Crippen molar-refractivity contribution in [1.82, 2.24) is 10.1 Å². The molecule has 0 aromatic carbocycles. The molecule has 7 rings (SSSR count). The van der Waals surface area contributed by atoms with E-state index in [2.05, 4.69) is 45.8 Å². The molecule has 6 heteroatoms. The highest BCUT2D eigenvalue weighted by molar-refractivity contribution is 6.04. The summed E-state index contributed by atoms with van der Waals surface area (Å²) in [6, 6.07) is 2.22. The molecule has 1 heterocycles. The van der Waals surface area contributed by atoms with Gasteiger partial charge in [-0.1, -0.05) is 71.7 Å². The van der Waals surface area contributed by atoms with Crippen LogP contribution in [0.15, 0.2) is 27.8 Å². The van der Waals surface area contributed by atoms with Crippen molar-refractivity contribution in [1.29, 1.82) is 5.26 Å². The quantitative estimate of drug-likeness (QED) is 0.360. The first kappa shape index (κ1) is 28.2. The van der Waals surface area contributed by atoms with Crippen LogP contribution in [0.1, 0.15) is 130 Å². The molecule has 0 amide bonds. The van der Waals surface area contributed by atoms with Crippen molar-refractivity contribution in [2.24, 2.45) is 44.8 Å². The van der Waals surface area contributed by atoms with E-state index in [4.69, 9.17) is 9.51 Å². The number of hydrogen-bond acceptors (Lipinski definition) is 6. The molecule has 42 heavy (non-hydrogen) atoms. The van der Waals surface area contributed by atoms with Gasteiger partial charge in [0.2, 0.25) is 5.89 Å². The predicted molar refractivity (Wildman–Crippen MR) is 159 cm³/mol. The lowest BCUT2D eigenvalue weighted by Crippen LogP contribution is -2.65. The fourth-order valence-electron chi connectivity index (χ4n) is 11.3. The van der Waals surface area contributed by atoms with Gasteiger partial charge in [0.1, 0.15) is 6.07 Å². The van der Waals surface area contributed by atoms with Crippen molar-refractivity contribution in [3.05, 3.63) is 35.0 Å². The van der Waals surface area contributed by atoms with Gasteiger partial charge in [-0.05, 0) is 91.9 Å². The first-order valence-corrected chi connectivity index (χ1v) is 16.4. The lowest BCUT2D eigenvalue weighted by atomic mass is 9.34. The highest BCUT2D eigenvalue weighted by atomic mass is 16.5. The molecule has 0 N–H and O–H groups in total. The lowest BCUT2D eigenvalue weighted by Gasteiger charge is -2.68. The Morgan fingerprint density at radius 3 is 2.33 bits per heavy atom. The van der Waals surface area contributed by atoms with Gasteiger partial charge in [-0.2, -0.15) is 10.2 Å². The second-order valence-corrected chi connectivity index (χ2v) is 17.0. The maximum Gasteiger partial charge on any atom is 0.233 e. The van der Waals surface area contributed by atoms with E-state index >= 15 is 0 Å². The average Bonchev–Trinajstić information content (AvgIpc) is 3.36. The Kier molecular flexibility index (Phi) is 5.74. The predicted octanol–water partition coefficient (Wildman–Crippen LogP) is 7.81. The number of rotatable bonds is 2. The standard InChI is InChI=1S/C36H47N3O3/c1-31(2)13-15-36(30-38-29(39-42-30)21-9-8-10-21)16-14-35(7)27(23(36)19-31)24(40)17-26-33(5)18-22(20-37)28(41)32(3,4)25(33)11-12-34(26,35)6/h17-18,21,23,25,27H,8-16,19H2,1-7H3/t23-,25-,27-,33-,34+,35+,36-/m0/s1. The van der Waals surface area contributed by atoms with Crippen molar-refractivity contribution in [3.8, 4) is 6.07 Å². The number of aromatic nitrogens is 2. The van der Waals surface area contributed by atoms with Crippen LogP contribution in [-0.4, -0.2) is 21.7 Å². The smallest absolute Gasteiger partial charge is 0.233 e. The van der Waals surface area contributed by atoms with Crippen LogP contribution < -0.4 is 0 Å². The minimum Gasteiger partial charge on any atom is -0.339 e. The molecule has 4 saturated carbocycles. The van der Waals surface area contributed by atoms with Crippen molar-refractivity contribution in [2.75, 3.05) is 0 Å². The van der Waals surface area contributed by atoms with Crippen LogP contribution in [0.25, 0.3) is 0 Å². The van der Waals surface area contributed by atoms with E-state index < -0.39 is 10.8 Å². The molecule has 0 bridgehead atoms. The maximum absolute atomic E-state index is 14.7. The molecule has 6 nitrogen and oxygen atoms in total. The second kappa shape index (κ2) is 8.54. The zero-order valence-corrected chi connectivity index (χ0v) is 26.6. The third-order valence-electron chi connectivity index (χ3n) is 14.2. The van der Waals surface area contributed by atoms with Crippen LogP contribution in [0, 0.1) is 56.2 Å². The van der Waals surface area contributed by atoms with Crippen LogP contribution in [0.3, 0.4) is 0 Å². The van der Waals surface area contributed by atoms with Crippen molar-refractivity contribution < 1.29 is 14.1 Å². The van der Waals surface area contributed by atoms with Crippen molar-refractivity contribution in [2.45, 2.75) is 124 Å². The lowest BCUT2D eigenvalue weighted by molar-refractivity contribution is -0.161. The summed E-state index contributed by atoms with van der Waals surface area (Å²) in [6.45, 7) is 15.7. The molecule has 6 aliphatic rings. The van der Waals surface area contributed by atoms with Crippen LogP contribution >= 0.6 is 0 Å². The Balaban J connectivity index is 1.37. The molecular formula is C36H47N3O3. The molecule has 0 radical (unpaired) electrons. The average molecular weight is 570 g/mol. The van der Waals surface area contributed by atoms with Crippen LogP contribution in [0.2, 0.25) is 0 Å². The summed E-state index contributed by atoms with van der Waals surface area (Å²) in [4.78, 5) is 33.2. The molecule has 7 atom stereocenters. The minimum absolute atomic E-state index is 0.0569. The Morgan fingerprint density at radius 1 is 0.952 bits per heavy atom. The number of nitriles is 1. The number of carbonyl (C=O) groups excluding carboxylic acids is 2. The Morgan fingerprint density at radius 2 is 1.67 bits per heavy atom. The highest BCUT2D eigenvalue weighted by Gasteiger charge is 2.70. The van der Waals surface area contributed by atoms with Gasteiger partial charge in [-0.15, -0.1) is 0 Å². The minimum atomic E-state index is -0.650. The van der Waals surface area contributed by atoms with Gasteiger partial charge in [-0.25, -0.2) is 0 Å². The molecule has 0 saturated heterocycles. The monoisotopic (exact) mass is 569 g/mol. The summed E-state index contributed by atoms with van der Waals surface area (Å²) in [5.41, 5.74) is -0.352. The van der Waals surface area contributed by atoms with Crippen LogP contribution in [0.4, 0.5) is 0 Å². The van der Waals surface area contributed by atoms with E-state index in [0.29, 0.717) is 5.92 Å². The SMILES string of the molecule is CC1(C)CC[C@]2(c3nc(C4CCC4)no3)CC[C@]3(C)[C@H](C(=O)C=C4[C@@]5(C)C=C(C#N)C(=O)C(C)(C)[C@@H]5CC[C@]43C)[C@@H]2C1. The topological polar surface area (TPSA) is 96.8 Å². The Labute approximate surface area is 250 Å². The van der Waals surface area contributed by atoms with Gasteiger partial charge >= 0.3 is 0 Å². The van der Waals surface area contributed by atoms with Gasteiger partial charge in [0.05, 0.1) is 11.0 Å². The Hall–Kier alpha value is -2.55. The molecule has 4 fully saturated rings. The van der Waals surface area contributed by atoms with Gasteiger partial charge in [0, 0.05) is 22.7 Å². The summed E-state index contributed by atoms with van der Waals surface area (Å²) >= 11 is 0. The maximum atomic E-state index is 14.7. The van der Waals surface area contributed by atoms with E-state index in [1.807, 2.05) is 26.0 Å². The third-order valence-corrected chi connectivity index (χ3v) is 14.2. The molecule has 0 aliphatic heterocycles. The van der Waals surface area contributed by atoms with Crippen molar-refractivity contribution >= 4 is 11.6 Å². The van der Waals surface area contributed by atoms with Crippen LogP contribution in [-0.2, 0) is 15.0 Å². The number of carbonyl (C=O) groups is 2. The van der Waals surface area contributed by atoms with E-state index in [1.54, 1.807) is 0 Å². The Bertz CT molecular complexity index is 1490. The van der Waals surface area contributed by atoms with Gasteiger partial charge < -0.3 is 4.52 Å². The first-order chi connectivity index (χ1) is 19.6. The third kappa shape index (κ3) is 3.37. The molecule has 1 aromatic heterocycles. The van der Waals surface area contributed by atoms with Gasteiger partial charge in [-0.3, -0.25) is 9.59 Å². The largest absolute Gasteiger partial charge is 0.339 e. The molecule has 224 valence electrons. The molecule has 0 unspecified atom stereocenters. The van der Waals surface area contributed by atoms with E-state index in [-0.39, 0.29) is 56.6 Å². The fourth-order valence-corrected chi connectivity index (χ4v) is 11.3. The highest BCUT2D eigenvalue weighted by Crippen LogP contribution is 2.74. The van der Waals surface area contributed by atoms with E-state index in [0.717, 1.165) is 75.1 Å². The fraction of sp³-hybridized carbons (Fsp3) is 0.750. The number of fused-ring (bicyclic) bond motifs is 7. The van der Waals surface area contributed by atoms with Crippen LogP contribution in [0.5, 0.6) is 0 Å². The molecule has 0 spiro atoms. The van der Waals surface area contributed by atoms with E-state index in [9.17, 15) is 14.9 Å². The molecular weight excluding hydrogens is 522 g/mol. The first-order valence-electron chi connectivity index (χ1n) is 16.4. The summed E-state index contributed by atoms with van der Waals surface area (Å²) < 4.78 is 6.15.